The zero-order valence-electron chi connectivity index (χ0n) is 13.3. The Morgan fingerprint density at radius 2 is 1.96 bits per heavy atom. The van der Waals surface area contributed by atoms with Crippen LogP contribution in [0.15, 0.2) is 42.5 Å². The maximum absolute atomic E-state index is 12.4. The highest BCUT2D eigenvalue weighted by molar-refractivity contribution is 5.95. The molecular formula is C18H21N3O2. The predicted octanol–water partition coefficient (Wildman–Crippen LogP) is 3.45. The average molecular weight is 311 g/mol. The Morgan fingerprint density at radius 3 is 2.57 bits per heavy atom. The summed E-state index contributed by atoms with van der Waals surface area (Å²) in [5.74, 6) is 0.0715. The molecule has 0 aliphatic heterocycles. The van der Waals surface area contributed by atoms with Crippen molar-refractivity contribution in [2.24, 2.45) is 5.41 Å². The summed E-state index contributed by atoms with van der Waals surface area (Å²) in [5.41, 5.74) is 1.02. The van der Waals surface area contributed by atoms with Gasteiger partial charge in [0.05, 0.1) is 0 Å². The highest BCUT2D eigenvalue weighted by Crippen LogP contribution is 2.40. The topological polar surface area (TPSA) is 74.2 Å². The summed E-state index contributed by atoms with van der Waals surface area (Å²) in [5, 5.41) is 16.0. The maximum Gasteiger partial charge on any atom is 0.274 e. The molecule has 1 fully saturated rings. The lowest BCUT2D eigenvalue weighted by atomic mass is 9.67. The maximum atomic E-state index is 12.4. The van der Waals surface area contributed by atoms with Gasteiger partial charge in [-0.15, -0.1) is 0 Å². The van der Waals surface area contributed by atoms with Gasteiger partial charge in [0.25, 0.3) is 5.91 Å². The molecule has 1 heterocycles. The van der Waals surface area contributed by atoms with E-state index in [-0.39, 0.29) is 28.8 Å². The van der Waals surface area contributed by atoms with Crippen molar-refractivity contribution < 1.29 is 9.90 Å². The molecule has 0 radical (unpaired) electrons. The molecular weight excluding hydrogens is 290 g/mol. The van der Waals surface area contributed by atoms with Crippen molar-refractivity contribution in [2.45, 2.75) is 32.7 Å². The standard InChI is InChI=1S/C18H21N3O2/c1-18(2)11-10-14(18)20-17(23)16-13(22)8-9-15(21-16)19-12-6-4-3-5-7-12/h3-9,14,22H,10-11H2,1-2H3,(H,19,21)(H,20,23). The highest BCUT2D eigenvalue weighted by atomic mass is 16.3. The molecule has 0 spiro atoms. The zero-order chi connectivity index (χ0) is 16.4. The van der Waals surface area contributed by atoms with E-state index in [0.717, 1.165) is 18.5 Å². The lowest BCUT2D eigenvalue weighted by Crippen LogP contribution is -2.52. The second kappa shape index (κ2) is 5.91. The van der Waals surface area contributed by atoms with E-state index in [0.29, 0.717) is 5.82 Å². The Balaban J connectivity index is 1.76. The van der Waals surface area contributed by atoms with Gasteiger partial charge in [0.1, 0.15) is 11.6 Å². The SMILES string of the molecule is CC1(C)CCC1NC(=O)c1nc(Nc2ccccc2)ccc1O. The van der Waals surface area contributed by atoms with Crippen LogP contribution in [0.1, 0.15) is 37.2 Å². The van der Waals surface area contributed by atoms with Crippen LogP contribution in [0.25, 0.3) is 0 Å². The molecule has 0 saturated heterocycles. The highest BCUT2D eigenvalue weighted by Gasteiger charge is 2.39. The van der Waals surface area contributed by atoms with Gasteiger partial charge in [-0.25, -0.2) is 4.98 Å². The van der Waals surface area contributed by atoms with Gasteiger partial charge in [-0.3, -0.25) is 4.79 Å². The molecule has 1 amide bonds. The molecule has 0 bridgehead atoms. The molecule has 1 aliphatic rings. The summed E-state index contributed by atoms with van der Waals surface area (Å²) in [6, 6.07) is 12.8. The molecule has 1 aliphatic carbocycles. The van der Waals surface area contributed by atoms with Gasteiger partial charge in [0.15, 0.2) is 5.69 Å². The molecule has 5 nitrogen and oxygen atoms in total. The molecule has 1 unspecified atom stereocenters. The fourth-order valence-electron chi connectivity index (χ4n) is 2.72. The van der Waals surface area contributed by atoms with E-state index in [1.807, 2.05) is 30.3 Å². The van der Waals surface area contributed by atoms with Crippen molar-refractivity contribution in [3.63, 3.8) is 0 Å². The van der Waals surface area contributed by atoms with Crippen molar-refractivity contribution in [1.29, 1.82) is 0 Å². The van der Waals surface area contributed by atoms with Gasteiger partial charge in [-0.2, -0.15) is 0 Å². The first kappa shape index (κ1) is 15.3. The van der Waals surface area contributed by atoms with Gasteiger partial charge in [0, 0.05) is 11.7 Å². The minimum atomic E-state index is -0.336. The number of aromatic hydroxyl groups is 1. The quantitative estimate of drug-likeness (QED) is 0.808. The number of nitrogens with zero attached hydrogens (tertiary/aromatic N) is 1. The van der Waals surface area contributed by atoms with Crippen LogP contribution in [0.5, 0.6) is 5.75 Å². The number of para-hydroxylation sites is 1. The number of nitrogens with one attached hydrogen (secondary N) is 2. The molecule has 1 aromatic heterocycles. The Bertz CT molecular complexity index is 713. The molecule has 5 heteroatoms. The molecule has 1 atom stereocenters. The van der Waals surface area contributed by atoms with E-state index in [4.69, 9.17) is 0 Å². The normalized spacial score (nSPS) is 18.8. The van der Waals surface area contributed by atoms with Crippen LogP contribution >= 0.6 is 0 Å². The van der Waals surface area contributed by atoms with Gasteiger partial charge >= 0.3 is 0 Å². The van der Waals surface area contributed by atoms with Gasteiger partial charge in [-0.1, -0.05) is 32.0 Å². The van der Waals surface area contributed by atoms with E-state index >= 15 is 0 Å². The van der Waals surface area contributed by atoms with Gasteiger partial charge < -0.3 is 15.7 Å². The predicted molar refractivity (Wildman–Crippen MR) is 89.9 cm³/mol. The van der Waals surface area contributed by atoms with E-state index in [2.05, 4.69) is 29.5 Å². The van der Waals surface area contributed by atoms with E-state index in [1.165, 1.54) is 6.07 Å². The minimum Gasteiger partial charge on any atom is -0.505 e. The molecule has 3 rings (SSSR count). The van der Waals surface area contributed by atoms with E-state index in [1.54, 1.807) is 6.07 Å². The smallest absolute Gasteiger partial charge is 0.274 e. The first-order chi connectivity index (χ1) is 11.0. The number of aromatic nitrogens is 1. The molecule has 2 aromatic rings. The lowest BCUT2D eigenvalue weighted by Gasteiger charge is -2.44. The monoisotopic (exact) mass is 311 g/mol. The van der Waals surface area contributed by atoms with E-state index < -0.39 is 0 Å². The number of carbonyl (C=O) groups excluding carboxylic acids is 1. The van der Waals surface area contributed by atoms with Crippen molar-refractivity contribution in [3.8, 4) is 5.75 Å². The molecule has 1 aromatic carbocycles. The van der Waals surface area contributed by atoms with Crippen LogP contribution in [0, 0.1) is 5.41 Å². The molecule has 3 N–H and O–H groups in total. The van der Waals surface area contributed by atoms with Crippen molar-refractivity contribution in [2.75, 3.05) is 5.32 Å². The number of pyridine rings is 1. The van der Waals surface area contributed by atoms with Gasteiger partial charge in [0.2, 0.25) is 0 Å². The third-order valence-corrected chi connectivity index (χ3v) is 4.46. The average Bonchev–Trinajstić information content (AvgIpc) is 2.54. The summed E-state index contributed by atoms with van der Waals surface area (Å²) in [7, 11) is 0. The molecule has 120 valence electrons. The second-order valence-electron chi connectivity index (χ2n) is 6.61. The lowest BCUT2D eigenvalue weighted by molar-refractivity contribution is 0.0725. The van der Waals surface area contributed by atoms with Crippen LogP contribution in [-0.4, -0.2) is 22.0 Å². The summed E-state index contributed by atoms with van der Waals surface area (Å²) < 4.78 is 0. The van der Waals surface area contributed by atoms with Crippen molar-refractivity contribution in [3.05, 3.63) is 48.2 Å². The first-order valence-corrected chi connectivity index (χ1v) is 7.79. The van der Waals surface area contributed by atoms with Gasteiger partial charge in [-0.05, 0) is 42.5 Å². The third-order valence-electron chi connectivity index (χ3n) is 4.46. The number of anilines is 2. The Hall–Kier alpha value is -2.56. The third kappa shape index (κ3) is 3.28. The van der Waals surface area contributed by atoms with Crippen LogP contribution in [0.4, 0.5) is 11.5 Å². The largest absolute Gasteiger partial charge is 0.505 e. The Labute approximate surface area is 135 Å². The van der Waals surface area contributed by atoms with Crippen LogP contribution in [0.2, 0.25) is 0 Å². The summed E-state index contributed by atoms with van der Waals surface area (Å²) >= 11 is 0. The second-order valence-corrected chi connectivity index (χ2v) is 6.61. The number of carbonyl (C=O) groups is 1. The van der Waals surface area contributed by atoms with Crippen LogP contribution < -0.4 is 10.6 Å². The number of rotatable bonds is 4. The fraction of sp³-hybridized carbons (Fsp3) is 0.333. The molecule has 23 heavy (non-hydrogen) atoms. The number of hydrogen-bond donors (Lipinski definition) is 3. The Morgan fingerprint density at radius 1 is 1.22 bits per heavy atom. The van der Waals surface area contributed by atoms with Crippen molar-refractivity contribution >= 4 is 17.4 Å². The molecule has 1 saturated carbocycles. The number of amides is 1. The van der Waals surface area contributed by atoms with Crippen molar-refractivity contribution in [1.82, 2.24) is 10.3 Å². The summed E-state index contributed by atoms with van der Waals surface area (Å²) in [6.07, 6.45) is 2.05. The fourth-order valence-corrected chi connectivity index (χ4v) is 2.72. The Kier molecular flexibility index (Phi) is 3.94. The van der Waals surface area contributed by atoms with E-state index in [9.17, 15) is 9.90 Å². The summed E-state index contributed by atoms with van der Waals surface area (Å²) in [4.78, 5) is 16.7. The van der Waals surface area contributed by atoms with Crippen LogP contribution in [0.3, 0.4) is 0 Å². The number of hydrogen-bond acceptors (Lipinski definition) is 4. The minimum absolute atomic E-state index is 0.0497. The summed E-state index contributed by atoms with van der Waals surface area (Å²) in [6.45, 7) is 4.25. The number of benzene rings is 1. The van der Waals surface area contributed by atoms with Crippen LogP contribution in [-0.2, 0) is 0 Å². The first-order valence-electron chi connectivity index (χ1n) is 7.79. The zero-order valence-corrected chi connectivity index (χ0v) is 13.3.